The van der Waals surface area contributed by atoms with Gasteiger partial charge in [0.25, 0.3) is 0 Å². The Bertz CT molecular complexity index is 523. The van der Waals surface area contributed by atoms with Crippen LogP contribution < -0.4 is 0 Å². The number of carbonyl (C=O) groups is 1. The average molecular weight is 327 g/mol. The molecule has 1 aliphatic heterocycles. The van der Waals surface area contributed by atoms with Crippen LogP contribution in [0.15, 0.2) is 18.2 Å². The Morgan fingerprint density at radius 2 is 1.71 bits per heavy atom. The topological polar surface area (TPSA) is 23.6 Å². The summed E-state index contributed by atoms with van der Waals surface area (Å²) in [6, 6.07) is 5.10. The van der Waals surface area contributed by atoms with E-state index >= 15 is 0 Å². The van der Waals surface area contributed by atoms with E-state index in [9.17, 15) is 4.79 Å². The molecular weight excluding hydrogens is 307 g/mol. The summed E-state index contributed by atoms with van der Waals surface area (Å²) in [7, 11) is 0. The number of hydrogen-bond donors (Lipinski definition) is 0. The lowest BCUT2D eigenvalue weighted by molar-refractivity contribution is 0.0847. The molecule has 2 aliphatic rings. The Morgan fingerprint density at radius 1 is 1.05 bits per heavy atom. The average Bonchev–Trinajstić information content (AvgIpc) is 3.28. The molecule has 0 N–H and O–H groups in total. The van der Waals surface area contributed by atoms with Crippen molar-refractivity contribution in [1.82, 2.24) is 9.80 Å². The number of hydrogen-bond acceptors (Lipinski definition) is 3. The number of ketones is 1. The smallest absolute Gasteiger partial charge is 0.176 e. The molecule has 1 aromatic rings. The summed E-state index contributed by atoms with van der Waals surface area (Å²) < 4.78 is 0. The van der Waals surface area contributed by atoms with Gasteiger partial charge in [-0.2, -0.15) is 0 Å². The summed E-state index contributed by atoms with van der Waals surface area (Å²) in [4.78, 5) is 17.0. The van der Waals surface area contributed by atoms with Crippen molar-refractivity contribution in [2.24, 2.45) is 5.92 Å². The van der Waals surface area contributed by atoms with Crippen molar-refractivity contribution in [1.29, 1.82) is 0 Å². The first kappa shape index (κ1) is 15.3. The highest BCUT2D eigenvalue weighted by atomic mass is 35.5. The number of nitrogens with zero attached hydrogens (tertiary/aromatic N) is 2. The summed E-state index contributed by atoms with van der Waals surface area (Å²) in [5.74, 6) is 1.05. The van der Waals surface area contributed by atoms with Gasteiger partial charge in [-0.3, -0.25) is 9.69 Å². The molecular formula is C16H20Cl2N2O. The molecule has 0 radical (unpaired) electrons. The SMILES string of the molecule is O=C(CN1CCN(CC2CC2)CC1)c1ccc(Cl)c(Cl)c1. The van der Waals surface area contributed by atoms with Crippen LogP contribution in [0.25, 0.3) is 0 Å². The quantitative estimate of drug-likeness (QED) is 0.776. The molecule has 2 fully saturated rings. The molecule has 0 unspecified atom stereocenters. The third-order valence-corrected chi connectivity index (χ3v) is 5.03. The molecule has 1 saturated heterocycles. The third-order valence-electron chi connectivity index (χ3n) is 4.29. The molecule has 0 spiro atoms. The van der Waals surface area contributed by atoms with Gasteiger partial charge in [-0.1, -0.05) is 23.2 Å². The maximum absolute atomic E-state index is 12.3. The van der Waals surface area contributed by atoms with E-state index in [1.54, 1.807) is 18.2 Å². The number of benzene rings is 1. The fourth-order valence-corrected chi connectivity index (χ4v) is 3.06. The molecule has 3 nitrogen and oxygen atoms in total. The molecule has 5 heteroatoms. The predicted molar refractivity (Wildman–Crippen MR) is 86.4 cm³/mol. The molecule has 21 heavy (non-hydrogen) atoms. The Hall–Kier alpha value is -0.610. The minimum atomic E-state index is 0.115. The number of rotatable bonds is 5. The van der Waals surface area contributed by atoms with Crippen LogP contribution in [-0.2, 0) is 0 Å². The maximum atomic E-state index is 12.3. The highest BCUT2D eigenvalue weighted by Gasteiger charge is 2.26. The van der Waals surface area contributed by atoms with E-state index in [2.05, 4.69) is 9.80 Å². The lowest BCUT2D eigenvalue weighted by Gasteiger charge is -2.34. The molecule has 1 heterocycles. The zero-order chi connectivity index (χ0) is 14.8. The lowest BCUT2D eigenvalue weighted by Crippen LogP contribution is -2.48. The minimum Gasteiger partial charge on any atom is -0.301 e. The van der Waals surface area contributed by atoms with E-state index in [0.29, 0.717) is 22.2 Å². The lowest BCUT2D eigenvalue weighted by atomic mass is 10.1. The van der Waals surface area contributed by atoms with Gasteiger partial charge in [0.1, 0.15) is 0 Å². The standard InChI is InChI=1S/C16H20Cl2N2O/c17-14-4-3-13(9-15(14)18)16(21)11-20-7-5-19(6-8-20)10-12-1-2-12/h3-4,9,12H,1-2,5-8,10-11H2. The number of halogens is 2. The molecule has 1 saturated carbocycles. The van der Waals surface area contributed by atoms with E-state index in [1.807, 2.05) is 0 Å². The fourth-order valence-electron chi connectivity index (χ4n) is 2.76. The van der Waals surface area contributed by atoms with E-state index in [-0.39, 0.29) is 5.78 Å². The van der Waals surface area contributed by atoms with Gasteiger partial charge in [-0.25, -0.2) is 0 Å². The molecule has 1 aliphatic carbocycles. The van der Waals surface area contributed by atoms with Crippen molar-refractivity contribution >= 4 is 29.0 Å². The maximum Gasteiger partial charge on any atom is 0.176 e. The van der Waals surface area contributed by atoms with E-state index < -0.39 is 0 Å². The van der Waals surface area contributed by atoms with Crippen molar-refractivity contribution in [2.45, 2.75) is 12.8 Å². The molecule has 0 aromatic heterocycles. The molecule has 114 valence electrons. The van der Waals surface area contributed by atoms with Gasteiger partial charge in [0.15, 0.2) is 5.78 Å². The van der Waals surface area contributed by atoms with Crippen LogP contribution in [0.5, 0.6) is 0 Å². The van der Waals surface area contributed by atoms with Crippen LogP contribution in [0.3, 0.4) is 0 Å². The van der Waals surface area contributed by atoms with Gasteiger partial charge in [-0.05, 0) is 37.0 Å². The van der Waals surface area contributed by atoms with Gasteiger partial charge in [0.2, 0.25) is 0 Å². The first-order valence-electron chi connectivity index (χ1n) is 7.55. The molecule has 0 bridgehead atoms. The number of Topliss-reactive ketones (excluding diaryl/α,β-unsaturated/α-hetero) is 1. The van der Waals surface area contributed by atoms with Crippen molar-refractivity contribution < 1.29 is 4.79 Å². The number of carbonyl (C=O) groups excluding carboxylic acids is 1. The normalized spacial score (nSPS) is 20.7. The highest BCUT2D eigenvalue weighted by molar-refractivity contribution is 6.42. The van der Waals surface area contributed by atoms with Gasteiger partial charge in [0.05, 0.1) is 16.6 Å². The van der Waals surface area contributed by atoms with Gasteiger partial charge in [0, 0.05) is 38.3 Å². The zero-order valence-electron chi connectivity index (χ0n) is 12.0. The Morgan fingerprint density at radius 3 is 2.33 bits per heavy atom. The first-order chi connectivity index (χ1) is 10.1. The fraction of sp³-hybridized carbons (Fsp3) is 0.562. The summed E-state index contributed by atoms with van der Waals surface area (Å²) in [5.41, 5.74) is 0.643. The zero-order valence-corrected chi connectivity index (χ0v) is 13.5. The molecule has 3 rings (SSSR count). The van der Waals surface area contributed by atoms with Crippen LogP contribution >= 0.6 is 23.2 Å². The predicted octanol–water partition coefficient (Wildman–Crippen LogP) is 3.20. The van der Waals surface area contributed by atoms with E-state index in [1.165, 1.54) is 19.4 Å². The van der Waals surface area contributed by atoms with Crippen molar-refractivity contribution in [3.8, 4) is 0 Å². The van der Waals surface area contributed by atoms with Crippen molar-refractivity contribution in [2.75, 3.05) is 39.3 Å². The Kier molecular flexibility index (Phi) is 4.85. The Labute approximate surface area is 135 Å². The highest BCUT2D eigenvalue weighted by Crippen LogP contribution is 2.30. The third kappa shape index (κ3) is 4.19. The monoisotopic (exact) mass is 326 g/mol. The molecule has 1 aromatic carbocycles. The first-order valence-corrected chi connectivity index (χ1v) is 8.30. The Balaban J connectivity index is 1.49. The van der Waals surface area contributed by atoms with E-state index in [0.717, 1.165) is 32.1 Å². The van der Waals surface area contributed by atoms with Crippen molar-refractivity contribution in [3.63, 3.8) is 0 Å². The summed E-state index contributed by atoms with van der Waals surface area (Å²) in [6.07, 6.45) is 2.80. The van der Waals surface area contributed by atoms with Crippen LogP contribution in [0.2, 0.25) is 10.0 Å². The van der Waals surface area contributed by atoms with Crippen LogP contribution in [-0.4, -0.2) is 54.9 Å². The van der Waals surface area contributed by atoms with Gasteiger partial charge < -0.3 is 4.90 Å². The van der Waals surface area contributed by atoms with E-state index in [4.69, 9.17) is 23.2 Å². The van der Waals surface area contributed by atoms with Crippen molar-refractivity contribution in [3.05, 3.63) is 33.8 Å². The van der Waals surface area contributed by atoms with Crippen LogP contribution in [0.1, 0.15) is 23.2 Å². The van der Waals surface area contributed by atoms with Gasteiger partial charge in [-0.15, -0.1) is 0 Å². The number of piperazine rings is 1. The molecule has 0 amide bonds. The molecule has 0 atom stereocenters. The van der Waals surface area contributed by atoms with Gasteiger partial charge >= 0.3 is 0 Å². The second-order valence-corrected chi connectivity index (χ2v) is 6.89. The summed E-state index contributed by atoms with van der Waals surface area (Å²) in [6.45, 7) is 5.81. The summed E-state index contributed by atoms with van der Waals surface area (Å²) >= 11 is 11.9. The second kappa shape index (κ2) is 6.66. The van der Waals surface area contributed by atoms with Crippen LogP contribution in [0.4, 0.5) is 0 Å². The van der Waals surface area contributed by atoms with Crippen LogP contribution in [0, 0.1) is 5.92 Å². The minimum absolute atomic E-state index is 0.115. The second-order valence-electron chi connectivity index (χ2n) is 6.07. The largest absolute Gasteiger partial charge is 0.301 e. The summed E-state index contributed by atoms with van der Waals surface area (Å²) in [5, 5.41) is 0.929.